The average Bonchev–Trinajstić information content (AvgIpc) is 3.07. The third-order valence-corrected chi connectivity index (χ3v) is 9.44. The minimum Gasteiger partial charge on any atom is -0.457 e. The molecular weight excluding hydrogens is 656 g/mol. The summed E-state index contributed by atoms with van der Waals surface area (Å²) in [5.41, 5.74) is 0. The zero-order valence-electron chi connectivity index (χ0n) is 30.5. The molecule has 0 amide bonds. The van der Waals surface area contributed by atoms with Gasteiger partial charge in [0.1, 0.15) is 30.5 Å². The van der Waals surface area contributed by atoms with Crippen molar-refractivity contribution in [3.05, 3.63) is 0 Å². The Hall–Kier alpha value is -0.900. The number of hydrogen-bond donors (Lipinski definition) is 4. The lowest BCUT2D eigenvalue weighted by Gasteiger charge is -2.41. The molecule has 0 aromatic heterocycles. The molecule has 1 saturated heterocycles. The zero-order valence-corrected chi connectivity index (χ0v) is 31.3. The van der Waals surface area contributed by atoms with Gasteiger partial charge in [-0.1, -0.05) is 142 Å². The Balaban J connectivity index is 2.21. The van der Waals surface area contributed by atoms with Crippen LogP contribution in [0.15, 0.2) is 0 Å². The summed E-state index contributed by atoms with van der Waals surface area (Å²) in [6.07, 6.45) is 18.6. The van der Waals surface area contributed by atoms with Crippen LogP contribution in [0.5, 0.6) is 0 Å². The van der Waals surface area contributed by atoms with E-state index in [1.807, 2.05) is 6.92 Å². The van der Waals surface area contributed by atoms with Crippen molar-refractivity contribution in [2.75, 3.05) is 26.4 Å². The number of unbranched alkanes of at least 4 members (excludes halogenated alkanes) is 20. The SMILES string of the molecule is CCCCCCCCCCCCCCCCCCCCCCOCC(COC1OC(CO)C(O)C(OS(=O)(=O)O)C1O)OC(=O)CCCC. The number of hydrogen-bond acceptors (Lipinski definition) is 11. The second-order valence-corrected chi connectivity index (χ2v) is 14.6. The summed E-state index contributed by atoms with van der Waals surface area (Å²) in [5, 5.41) is 30.2. The van der Waals surface area contributed by atoms with Gasteiger partial charge in [-0.05, 0) is 12.8 Å². The molecular formula is C36H70O12S. The lowest BCUT2D eigenvalue weighted by atomic mass is 9.99. The molecule has 0 aliphatic carbocycles. The van der Waals surface area contributed by atoms with E-state index in [0.29, 0.717) is 13.0 Å². The number of ether oxygens (including phenoxy) is 4. The summed E-state index contributed by atoms with van der Waals surface area (Å²) in [5.74, 6) is -0.431. The van der Waals surface area contributed by atoms with E-state index in [-0.39, 0.29) is 19.6 Å². The summed E-state index contributed by atoms with van der Waals surface area (Å²) >= 11 is 0. The van der Waals surface area contributed by atoms with Crippen molar-refractivity contribution in [2.45, 2.75) is 198 Å². The van der Waals surface area contributed by atoms with Crippen LogP contribution in [0, 0.1) is 0 Å². The summed E-state index contributed by atoms with van der Waals surface area (Å²) in [6, 6.07) is 0. The summed E-state index contributed by atoms with van der Waals surface area (Å²) in [6.45, 7) is 3.73. The Morgan fingerprint density at radius 1 is 0.694 bits per heavy atom. The van der Waals surface area contributed by atoms with Crippen LogP contribution < -0.4 is 0 Å². The lowest BCUT2D eigenvalue weighted by molar-refractivity contribution is -0.301. The second-order valence-electron chi connectivity index (χ2n) is 13.5. The quantitative estimate of drug-likeness (QED) is 0.0325. The van der Waals surface area contributed by atoms with E-state index in [2.05, 4.69) is 11.1 Å². The predicted octanol–water partition coefficient (Wildman–Crippen LogP) is 6.57. The smallest absolute Gasteiger partial charge is 0.397 e. The van der Waals surface area contributed by atoms with E-state index in [1.165, 1.54) is 109 Å². The summed E-state index contributed by atoms with van der Waals surface area (Å²) in [4.78, 5) is 12.3. The summed E-state index contributed by atoms with van der Waals surface area (Å²) in [7, 11) is -5.04. The number of carbonyl (C=O) groups is 1. The number of carbonyl (C=O) groups excluding carboxylic acids is 1. The van der Waals surface area contributed by atoms with Crippen LogP contribution in [-0.2, 0) is 38.3 Å². The van der Waals surface area contributed by atoms with Crippen LogP contribution in [0.4, 0.5) is 0 Å². The highest BCUT2D eigenvalue weighted by atomic mass is 32.3. The molecule has 6 atom stereocenters. The van der Waals surface area contributed by atoms with Gasteiger partial charge in [0.15, 0.2) is 6.29 Å². The van der Waals surface area contributed by atoms with E-state index >= 15 is 0 Å². The fourth-order valence-corrected chi connectivity index (χ4v) is 6.51. The minimum atomic E-state index is -5.04. The predicted molar refractivity (Wildman–Crippen MR) is 188 cm³/mol. The number of aliphatic hydroxyl groups excluding tert-OH is 3. The molecule has 13 heteroatoms. The van der Waals surface area contributed by atoms with Gasteiger partial charge in [-0.25, -0.2) is 4.18 Å². The molecule has 0 aromatic rings. The van der Waals surface area contributed by atoms with Gasteiger partial charge in [0.05, 0.1) is 19.8 Å². The maximum Gasteiger partial charge on any atom is 0.397 e. The van der Waals surface area contributed by atoms with E-state index in [4.69, 9.17) is 23.5 Å². The van der Waals surface area contributed by atoms with Gasteiger partial charge in [0, 0.05) is 13.0 Å². The van der Waals surface area contributed by atoms with Crippen molar-refractivity contribution in [1.29, 1.82) is 0 Å². The van der Waals surface area contributed by atoms with Crippen molar-refractivity contribution in [3.8, 4) is 0 Å². The third-order valence-electron chi connectivity index (χ3n) is 8.98. The molecule has 0 spiro atoms. The first-order valence-electron chi connectivity index (χ1n) is 19.3. The van der Waals surface area contributed by atoms with Crippen LogP contribution in [0.3, 0.4) is 0 Å². The number of aliphatic hydroxyl groups is 3. The van der Waals surface area contributed by atoms with Crippen molar-refractivity contribution >= 4 is 16.4 Å². The van der Waals surface area contributed by atoms with Gasteiger partial charge >= 0.3 is 16.4 Å². The first-order valence-corrected chi connectivity index (χ1v) is 20.7. The van der Waals surface area contributed by atoms with Crippen molar-refractivity contribution < 1.29 is 56.2 Å². The fourth-order valence-electron chi connectivity index (χ4n) is 6.00. The van der Waals surface area contributed by atoms with Crippen molar-refractivity contribution in [1.82, 2.24) is 0 Å². The Bertz CT molecular complexity index is 889. The van der Waals surface area contributed by atoms with Crippen LogP contribution in [0.2, 0.25) is 0 Å². The second kappa shape index (κ2) is 29.7. The highest BCUT2D eigenvalue weighted by Crippen LogP contribution is 2.26. The summed E-state index contributed by atoms with van der Waals surface area (Å²) < 4.78 is 58.1. The molecule has 49 heavy (non-hydrogen) atoms. The van der Waals surface area contributed by atoms with E-state index in [9.17, 15) is 28.5 Å². The van der Waals surface area contributed by atoms with E-state index in [0.717, 1.165) is 25.7 Å². The highest BCUT2D eigenvalue weighted by Gasteiger charge is 2.48. The van der Waals surface area contributed by atoms with Crippen LogP contribution in [-0.4, -0.2) is 97.5 Å². The lowest BCUT2D eigenvalue weighted by Crippen LogP contribution is -2.60. The third kappa shape index (κ3) is 24.1. The molecule has 292 valence electrons. The Morgan fingerprint density at radius 2 is 1.16 bits per heavy atom. The first kappa shape index (κ1) is 46.1. The molecule has 6 unspecified atom stereocenters. The van der Waals surface area contributed by atoms with Crippen LogP contribution in [0.25, 0.3) is 0 Å². The molecule has 1 fully saturated rings. The number of esters is 1. The fraction of sp³-hybridized carbons (Fsp3) is 0.972. The molecule has 1 heterocycles. The minimum absolute atomic E-state index is 0.0385. The van der Waals surface area contributed by atoms with Crippen molar-refractivity contribution in [2.24, 2.45) is 0 Å². The van der Waals surface area contributed by atoms with E-state index < -0.39 is 59.8 Å². The molecule has 0 aromatic carbocycles. The standard InChI is InChI=1S/C36H70O12S/c1-3-5-7-8-9-10-11-12-13-14-15-16-17-18-19-20-21-22-23-24-26-44-28-30(46-32(38)25-6-4-2)29-45-36-34(40)35(48-49(41,42)43)33(39)31(27-37)47-36/h30-31,33-37,39-40H,3-29H2,1-2H3,(H,41,42,43). The van der Waals surface area contributed by atoms with Crippen molar-refractivity contribution in [3.63, 3.8) is 0 Å². The van der Waals surface area contributed by atoms with Crippen LogP contribution >= 0.6 is 0 Å². The Labute approximate surface area is 296 Å². The average molecular weight is 727 g/mol. The van der Waals surface area contributed by atoms with Gasteiger partial charge in [0.2, 0.25) is 0 Å². The highest BCUT2D eigenvalue weighted by molar-refractivity contribution is 7.80. The van der Waals surface area contributed by atoms with Gasteiger partial charge in [-0.2, -0.15) is 8.42 Å². The molecule has 1 aliphatic heterocycles. The van der Waals surface area contributed by atoms with Gasteiger partial charge in [-0.3, -0.25) is 9.35 Å². The molecule has 0 radical (unpaired) electrons. The maximum atomic E-state index is 12.3. The topological polar surface area (TPSA) is 178 Å². The molecule has 0 bridgehead atoms. The number of rotatable bonds is 33. The van der Waals surface area contributed by atoms with Gasteiger partial charge in [-0.15, -0.1) is 0 Å². The largest absolute Gasteiger partial charge is 0.457 e. The monoisotopic (exact) mass is 726 g/mol. The van der Waals surface area contributed by atoms with E-state index in [1.54, 1.807) is 0 Å². The van der Waals surface area contributed by atoms with Gasteiger partial charge < -0.3 is 34.3 Å². The molecule has 1 rings (SSSR count). The normalized spacial score (nSPS) is 22.0. The molecule has 12 nitrogen and oxygen atoms in total. The maximum absolute atomic E-state index is 12.3. The first-order chi connectivity index (χ1) is 23.6. The van der Waals surface area contributed by atoms with Crippen LogP contribution in [0.1, 0.15) is 162 Å². The Morgan fingerprint density at radius 3 is 1.61 bits per heavy atom. The molecule has 0 saturated carbocycles. The molecule has 1 aliphatic rings. The zero-order chi connectivity index (χ0) is 36.2. The Kier molecular flexibility index (Phi) is 27.9. The molecule has 4 N–H and O–H groups in total. The van der Waals surface area contributed by atoms with Gasteiger partial charge in [0.25, 0.3) is 0 Å².